The number of nitrogens with zero attached hydrogens (tertiary/aromatic N) is 5. The second kappa shape index (κ2) is 10.0. The number of nitrogens with one attached hydrogen (secondary N) is 1. The summed E-state index contributed by atoms with van der Waals surface area (Å²) in [7, 11) is 0. The predicted octanol–water partition coefficient (Wildman–Crippen LogP) is 3.03. The molecule has 10 heteroatoms. The third-order valence-electron chi connectivity index (χ3n) is 5.15. The molecule has 10 nitrogen and oxygen atoms in total. The molecular formula is C24H26N8O2. The Hall–Kier alpha value is -4.44. The van der Waals surface area contributed by atoms with Gasteiger partial charge in [-0.1, -0.05) is 30.3 Å². The molecule has 174 valence electrons. The molecule has 4 rings (SSSR count). The molecule has 4 aromatic rings. The number of ether oxygens (including phenoxy) is 1. The maximum Gasteiger partial charge on any atom is 0.355 e. The van der Waals surface area contributed by atoms with Gasteiger partial charge in [-0.2, -0.15) is 4.98 Å². The molecule has 0 bridgehead atoms. The van der Waals surface area contributed by atoms with Gasteiger partial charge in [0.05, 0.1) is 35.6 Å². The maximum absolute atomic E-state index is 11.7. The number of aromatic nitrogens is 4. The number of carbonyl (C=O) groups excluding carboxylic acids is 1. The summed E-state index contributed by atoms with van der Waals surface area (Å²) in [6, 6.07) is 17.4. The van der Waals surface area contributed by atoms with E-state index in [1.165, 1.54) is 11.2 Å². The number of fused-ring (bicyclic) bond motifs is 1. The molecule has 0 saturated carbocycles. The van der Waals surface area contributed by atoms with Crippen LogP contribution in [0.15, 0.2) is 79.0 Å². The van der Waals surface area contributed by atoms with Crippen molar-refractivity contribution in [3.63, 3.8) is 0 Å². The Morgan fingerprint density at radius 2 is 2.00 bits per heavy atom. The quantitative estimate of drug-likeness (QED) is 0.157. The van der Waals surface area contributed by atoms with E-state index in [0.29, 0.717) is 23.0 Å². The number of rotatable bonds is 8. The van der Waals surface area contributed by atoms with E-state index in [2.05, 4.69) is 39.3 Å². The van der Waals surface area contributed by atoms with Crippen LogP contribution in [0.3, 0.4) is 0 Å². The molecule has 5 N–H and O–H groups in total. The highest BCUT2D eigenvalue weighted by Gasteiger charge is 2.12. The Kier molecular flexibility index (Phi) is 6.69. The fraction of sp³-hybridized carbons (Fsp3) is 0.167. The van der Waals surface area contributed by atoms with Crippen molar-refractivity contribution in [1.29, 1.82) is 0 Å². The fourth-order valence-corrected chi connectivity index (χ4v) is 3.41. The Labute approximate surface area is 196 Å². The van der Waals surface area contributed by atoms with Crippen molar-refractivity contribution in [3.8, 4) is 5.82 Å². The zero-order chi connectivity index (χ0) is 24.1. The largest absolute Gasteiger partial charge is 0.461 e. The van der Waals surface area contributed by atoms with Crippen LogP contribution < -0.4 is 21.9 Å². The van der Waals surface area contributed by atoms with E-state index in [4.69, 9.17) is 16.3 Å². The molecule has 0 saturated heterocycles. The molecule has 2 aromatic heterocycles. The average molecular weight is 459 g/mol. The first-order valence-corrected chi connectivity index (χ1v) is 10.8. The highest BCUT2D eigenvalue weighted by Crippen LogP contribution is 2.23. The van der Waals surface area contributed by atoms with E-state index >= 15 is 0 Å². The predicted molar refractivity (Wildman–Crippen MR) is 131 cm³/mol. The Balaban J connectivity index is 1.56. The van der Waals surface area contributed by atoms with E-state index in [0.717, 1.165) is 11.1 Å². The van der Waals surface area contributed by atoms with Crippen LogP contribution in [0.25, 0.3) is 16.9 Å². The highest BCUT2D eigenvalue weighted by atomic mass is 16.5. The van der Waals surface area contributed by atoms with Crippen LogP contribution in [0.2, 0.25) is 0 Å². The normalized spacial score (nSPS) is 12.4. The summed E-state index contributed by atoms with van der Waals surface area (Å²) in [6.45, 7) is 3.99. The first kappa shape index (κ1) is 22.7. The van der Waals surface area contributed by atoms with Crippen molar-refractivity contribution in [2.45, 2.75) is 19.9 Å². The van der Waals surface area contributed by atoms with Gasteiger partial charge in [0.1, 0.15) is 17.8 Å². The van der Waals surface area contributed by atoms with E-state index in [1.54, 1.807) is 31.6 Å². The van der Waals surface area contributed by atoms with Crippen LogP contribution in [-0.4, -0.2) is 32.1 Å². The number of benzene rings is 2. The molecule has 0 aliphatic rings. The van der Waals surface area contributed by atoms with Crippen LogP contribution in [0.4, 0.5) is 11.6 Å². The zero-order valence-corrected chi connectivity index (χ0v) is 18.9. The van der Waals surface area contributed by atoms with Crippen LogP contribution >= 0.6 is 0 Å². The number of carbonyl (C=O) groups is 1. The molecule has 2 heterocycles. The second-order valence-corrected chi connectivity index (χ2v) is 7.51. The van der Waals surface area contributed by atoms with Gasteiger partial charge in [0.25, 0.3) is 0 Å². The van der Waals surface area contributed by atoms with Crippen molar-refractivity contribution in [2.75, 3.05) is 16.9 Å². The third-order valence-corrected chi connectivity index (χ3v) is 5.15. The first-order valence-electron chi connectivity index (χ1n) is 10.8. The molecule has 34 heavy (non-hydrogen) atoms. The average Bonchev–Trinajstić information content (AvgIpc) is 3.28. The lowest BCUT2D eigenvalue weighted by molar-refractivity contribution is -0.138. The van der Waals surface area contributed by atoms with Gasteiger partial charge in [-0.3, -0.25) is 9.58 Å². The number of hydrogen-bond acceptors (Lipinski definition) is 9. The topological polar surface area (TPSA) is 137 Å². The lowest BCUT2D eigenvalue weighted by Crippen LogP contribution is -2.28. The van der Waals surface area contributed by atoms with E-state index in [1.807, 2.05) is 34.9 Å². The molecule has 1 atom stereocenters. The minimum Gasteiger partial charge on any atom is -0.461 e. The third kappa shape index (κ3) is 4.97. The van der Waals surface area contributed by atoms with Gasteiger partial charge in [-0.05, 0) is 43.7 Å². The molecule has 0 aliphatic heterocycles. The van der Waals surface area contributed by atoms with Gasteiger partial charge in [-0.25, -0.2) is 20.6 Å². The van der Waals surface area contributed by atoms with Gasteiger partial charge in [-0.15, -0.1) is 0 Å². The fourth-order valence-electron chi connectivity index (χ4n) is 3.41. The van der Waals surface area contributed by atoms with Gasteiger partial charge >= 0.3 is 5.97 Å². The standard InChI is InChI=1S/C24H26N8O2/c1-3-34-23(33)19(25)14-32(26)18-9-10-21-20(13-18)28-15-31(21)22-11-12-27-24(30-22)29-16(2)17-7-5-4-6-8-17/h4-16H,3,25-26H2,1-2H3,(H,27,29,30)/b19-14-/t16-/m0/s1. The van der Waals surface area contributed by atoms with E-state index in [-0.39, 0.29) is 18.3 Å². The van der Waals surface area contributed by atoms with Crippen LogP contribution in [-0.2, 0) is 9.53 Å². The number of nitrogens with two attached hydrogens (primary N) is 2. The minimum absolute atomic E-state index is 0.0455. The molecule has 0 amide bonds. The van der Waals surface area contributed by atoms with Gasteiger partial charge in [0.15, 0.2) is 0 Å². The summed E-state index contributed by atoms with van der Waals surface area (Å²) in [5.74, 6) is 6.62. The lowest BCUT2D eigenvalue weighted by Gasteiger charge is -2.15. The summed E-state index contributed by atoms with van der Waals surface area (Å²) in [4.78, 5) is 25.2. The monoisotopic (exact) mass is 458 g/mol. The van der Waals surface area contributed by atoms with Gasteiger partial charge < -0.3 is 15.8 Å². The molecule has 0 radical (unpaired) electrons. The summed E-state index contributed by atoms with van der Waals surface area (Å²) < 4.78 is 6.74. The Morgan fingerprint density at radius 1 is 1.21 bits per heavy atom. The molecule has 0 fully saturated rings. The number of hydrazine groups is 1. The van der Waals surface area contributed by atoms with Crippen molar-refractivity contribution < 1.29 is 9.53 Å². The maximum atomic E-state index is 11.7. The number of imidazole rings is 1. The summed E-state index contributed by atoms with van der Waals surface area (Å²) in [5, 5.41) is 4.59. The van der Waals surface area contributed by atoms with Gasteiger partial charge in [0.2, 0.25) is 5.95 Å². The minimum atomic E-state index is -0.627. The van der Waals surface area contributed by atoms with Crippen molar-refractivity contribution >= 4 is 28.6 Å². The summed E-state index contributed by atoms with van der Waals surface area (Å²) in [5.41, 5.74) is 8.92. The summed E-state index contributed by atoms with van der Waals surface area (Å²) >= 11 is 0. The molecule has 2 aromatic carbocycles. The van der Waals surface area contributed by atoms with Crippen molar-refractivity contribution in [1.82, 2.24) is 19.5 Å². The van der Waals surface area contributed by atoms with Crippen LogP contribution in [0.1, 0.15) is 25.5 Å². The van der Waals surface area contributed by atoms with Crippen LogP contribution in [0.5, 0.6) is 0 Å². The van der Waals surface area contributed by atoms with Crippen molar-refractivity contribution in [3.05, 3.63) is 84.6 Å². The van der Waals surface area contributed by atoms with Gasteiger partial charge in [0, 0.05) is 6.20 Å². The number of esters is 1. The smallest absolute Gasteiger partial charge is 0.355 e. The number of anilines is 2. The molecule has 0 spiro atoms. The zero-order valence-electron chi connectivity index (χ0n) is 18.9. The molecule has 0 aliphatic carbocycles. The van der Waals surface area contributed by atoms with Crippen LogP contribution in [0, 0.1) is 0 Å². The van der Waals surface area contributed by atoms with E-state index < -0.39 is 5.97 Å². The molecule has 0 unspecified atom stereocenters. The summed E-state index contributed by atoms with van der Waals surface area (Å²) in [6.07, 6.45) is 4.70. The Bertz CT molecular complexity index is 1320. The molecular weight excluding hydrogens is 432 g/mol. The SMILES string of the molecule is CCOC(=O)/C(N)=C/N(N)c1ccc2c(c1)ncn2-c1ccnc(N[C@@H](C)c2ccccc2)n1. The van der Waals surface area contributed by atoms with E-state index in [9.17, 15) is 4.79 Å². The second-order valence-electron chi connectivity index (χ2n) is 7.51. The number of hydrogen-bond donors (Lipinski definition) is 3. The lowest BCUT2D eigenvalue weighted by atomic mass is 10.1. The Morgan fingerprint density at radius 3 is 2.76 bits per heavy atom. The first-order chi connectivity index (χ1) is 16.5. The highest BCUT2D eigenvalue weighted by molar-refractivity contribution is 5.88. The van der Waals surface area contributed by atoms with Crippen molar-refractivity contribution in [2.24, 2.45) is 11.6 Å².